The Hall–Kier alpha value is -4.29. The monoisotopic (exact) mass is 577 g/mol. The van der Waals surface area contributed by atoms with Crippen molar-refractivity contribution in [2.75, 3.05) is 26.6 Å². The Morgan fingerprint density at radius 2 is 1.80 bits per heavy atom. The number of methoxy groups -OCH3 is 2. The molecule has 4 aromatic rings. The maximum atomic E-state index is 13.2. The maximum Gasteiger partial charge on any atom is 0.335 e. The summed E-state index contributed by atoms with van der Waals surface area (Å²) in [6, 6.07) is 10.7. The van der Waals surface area contributed by atoms with E-state index in [9.17, 15) is 18.3 Å². The number of hydrogen-bond donors (Lipinski definition) is 3. The van der Waals surface area contributed by atoms with Crippen LogP contribution < -0.4 is 19.5 Å². The van der Waals surface area contributed by atoms with E-state index in [0.717, 1.165) is 31.2 Å². The zero-order chi connectivity index (χ0) is 29.3. The summed E-state index contributed by atoms with van der Waals surface area (Å²) < 4.78 is 39.4. The molecule has 0 aliphatic heterocycles. The summed E-state index contributed by atoms with van der Waals surface area (Å²) in [5, 5.41) is 13.6. The van der Waals surface area contributed by atoms with Crippen molar-refractivity contribution in [1.29, 1.82) is 0 Å². The zero-order valence-corrected chi connectivity index (χ0v) is 24.0. The predicted molar refractivity (Wildman–Crippen MR) is 155 cm³/mol. The van der Waals surface area contributed by atoms with Crippen LogP contribution in [0.1, 0.15) is 53.2 Å². The second-order valence-electron chi connectivity index (χ2n) is 9.88. The van der Waals surface area contributed by atoms with Gasteiger partial charge >= 0.3 is 12.0 Å². The molecule has 214 valence electrons. The van der Waals surface area contributed by atoms with Crippen molar-refractivity contribution in [2.45, 2.75) is 43.4 Å². The van der Waals surface area contributed by atoms with Gasteiger partial charge in [0, 0.05) is 17.3 Å². The number of hydrogen-bond acceptors (Lipinski definition) is 9. The average Bonchev–Trinajstić information content (AvgIpc) is 3.51. The number of anilines is 2. The van der Waals surface area contributed by atoms with Crippen LogP contribution in [0.3, 0.4) is 0 Å². The molecular formula is C29H31N5O6S. The molecule has 11 nitrogen and oxygen atoms in total. The van der Waals surface area contributed by atoms with Crippen molar-refractivity contribution in [3.8, 4) is 23.0 Å². The van der Waals surface area contributed by atoms with Crippen molar-refractivity contribution in [3.05, 3.63) is 59.4 Å². The molecule has 1 aliphatic carbocycles. The summed E-state index contributed by atoms with van der Waals surface area (Å²) in [5.41, 5.74) is 3.94. The van der Waals surface area contributed by atoms with E-state index in [1.54, 1.807) is 37.4 Å². The van der Waals surface area contributed by atoms with Crippen molar-refractivity contribution in [1.82, 2.24) is 19.7 Å². The molecule has 12 heteroatoms. The molecule has 0 bridgehead atoms. The highest BCUT2D eigenvalue weighted by Gasteiger charge is 2.26. The Bertz CT molecular complexity index is 1750. The first-order valence-electron chi connectivity index (χ1n) is 13.1. The van der Waals surface area contributed by atoms with Gasteiger partial charge in [-0.1, -0.05) is 25.0 Å². The third kappa shape index (κ3) is 5.52. The molecule has 3 N–H and O–H groups in total. The minimum absolute atomic E-state index is 0.0197. The number of benzene rings is 2. The van der Waals surface area contributed by atoms with Gasteiger partial charge in [-0.15, -0.1) is 0 Å². The molecule has 2 aromatic carbocycles. The molecule has 0 saturated heterocycles. The van der Waals surface area contributed by atoms with Crippen LogP contribution in [0.25, 0.3) is 22.0 Å². The highest BCUT2D eigenvalue weighted by atomic mass is 32.2. The zero-order valence-electron chi connectivity index (χ0n) is 23.2. The fraction of sp³-hybridized carbons (Fsp3) is 0.310. The summed E-state index contributed by atoms with van der Waals surface area (Å²) in [5.74, 6) is -0.479. The lowest BCUT2D eigenvalue weighted by Crippen LogP contribution is -2.21. The highest BCUT2D eigenvalue weighted by molar-refractivity contribution is 7.89. The smallest absolute Gasteiger partial charge is 0.335 e. The van der Waals surface area contributed by atoms with Crippen LogP contribution in [0.4, 0.5) is 11.4 Å². The summed E-state index contributed by atoms with van der Waals surface area (Å²) in [6.45, 7) is 1.62. The van der Waals surface area contributed by atoms with Gasteiger partial charge < -0.3 is 19.9 Å². The van der Waals surface area contributed by atoms with Crippen molar-refractivity contribution < 1.29 is 27.8 Å². The van der Waals surface area contributed by atoms with Crippen LogP contribution >= 0.6 is 0 Å². The number of carbonyl (C=O) groups is 1. The van der Waals surface area contributed by atoms with Gasteiger partial charge in [-0.05, 0) is 68.1 Å². The number of nitrogens with one attached hydrogen (secondary N) is 2. The molecule has 5 rings (SSSR count). The quantitative estimate of drug-likeness (QED) is 0.247. The molecule has 0 radical (unpaired) electrons. The fourth-order valence-corrected chi connectivity index (χ4v) is 6.45. The molecule has 0 unspecified atom stereocenters. The molecule has 2 aromatic heterocycles. The van der Waals surface area contributed by atoms with Gasteiger partial charge in [-0.2, -0.15) is 4.98 Å². The number of aromatic carboxylic acids is 1. The molecule has 0 amide bonds. The predicted octanol–water partition coefficient (Wildman–Crippen LogP) is 5.02. The molecule has 41 heavy (non-hydrogen) atoms. The standard InChI is InChI=1S/C29H31N5O6S/c1-16-26(41(37,38)30-2)25(33-21-12-19(17-7-5-6-8-17)11-20(13-21)28(35)36)22-10-9-18(14-24(22)32-16)23-15-31-29(40-4)34-27(23)39-3/h9-15,17,30H,5-8H2,1-4H3,(H,32,33)(H,35,36). The Kier molecular flexibility index (Phi) is 7.78. The number of aryl methyl sites for hydroxylation is 1. The van der Waals surface area contributed by atoms with Crippen LogP contribution in [0.15, 0.2) is 47.5 Å². The lowest BCUT2D eigenvalue weighted by Gasteiger charge is -2.19. The van der Waals surface area contributed by atoms with Gasteiger partial charge in [0.1, 0.15) is 4.90 Å². The normalized spacial score (nSPS) is 13.9. The van der Waals surface area contributed by atoms with E-state index < -0.39 is 16.0 Å². The Labute approximate surface area is 238 Å². The molecule has 1 fully saturated rings. The van der Waals surface area contributed by atoms with Crippen LogP contribution in [-0.2, 0) is 10.0 Å². The topological polar surface area (TPSA) is 153 Å². The Balaban J connectivity index is 1.70. The number of rotatable bonds is 9. The molecule has 1 saturated carbocycles. The van der Waals surface area contributed by atoms with Crippen LogP contribution in [-0.4, -0.2) is 55.7 Å². The van der Waals surface area contributed by atoms with Gasteiger partial charge in [0.05, 0.1) is 42.2 Å². The van der Waals surface area contributed by atoms with Crippen molar-refractivity contribution >= 4 is 38.3 Å². The minimum Gasteiger partial charge on any atom is -0.480 e. The fourth-order valence-electron chi connectivity index (χ4n) is 5.38. The second kappa shape index (κ2) is 11.3. The van der Waals surface area contributed by atoms with E-state index in [4.69, 9.17) is 9.47 Å². The van der Waals surface area contributed by atoms with E-state index in [2.05, 4.69) is 25.0 Å². The van der Waals surface area contributed by atoms with Gasteiger partial charge in [0.2, 0.25) is 15.9 Å². The average molecular weight is 578 g/mol. The van der Waals surface area contributed by atoms with E-state index in [0.29, 0.717) is 39.3 Å². The summed E-state index contributed by atoms with van der Waals surface area (Å²) >= 11 is 0. The first kappa shape index (κ1) is 28.2. The molecule has 0 spiro atoms. The number of nitrogens with zero attached hydrogens (tertiary/aromatic N) is 3. The maximum absolute atomic E-state index is 13.2. The third-order valence-corrected chi connectivity index (χ3v) is 8.94. The van der Waals surface area contributed by atoms with E-state index >= 15 is 0 Å². The SMILES string of the molecule is CNS(=O)(=O)c1c(C)nc2cc(-c3cnc(OC)nc3OC)ccc2c1Nc1cc(C(=O)O)cc(C2CCCC2)c1. The number of ether oxygens (including phenoxy) is 2. The summed E-state index contributed by atoms with van der Waals surface area (Å²) in [4.78, 5) is 25.1. The number of aromatic nitrogens is 3. The lowest BCUT2D eigenvalue weighted by molar-refractivity contribution is 0.0696. The number of carboxylic acids is 1. The summed E-state index contributed by atoms with van der Waals surface area (Å²) in [6.07, 6.45) is 5.74. The number of sulfonamides is 1. The highest BCUT2D eigenvalue weighted by Crippen LogP contribution is 2.40. The molecular weight excluding hydrogens is 546 g/mol. The first-order valence-corrected chi connectivity index (χ1v) is 14.6. The van der Waals surface area contributed by atoms with Crippen LogP contribution in [0.2, 0.25) is 0 Å². The largest absolute Gasteiger partial charge is 0.480 e. The lowest BCUT2D eigenvalue weighted by atomic mass is 9.95. The van der Waals surface area contributed by atoms with Gasteiger partial charge in [0.25, 0.3) is 0 Å². The second-order valence-corrected chi connectivity index (χ2v) is 11.7. The summed E-state index contributed by atoms with van der Waals surface area (Å²) in [7, 11) is 0.350. The van der Waals surface area contributed by atoms with Gasteiger partial charge in [-0.25, -0.2) is 22.9 Å². The minimum atomic E-state index is -3.95. The van der Waals surface area contributed by atoms with E-state index in [1.165, 1.54) is 27.3 Å². The Morgan fingerprint density at radius 1 is 1.05 bits per heavy atom. The number of carboxylic acid groups (broad SMARTS) is 1. The van der Waals surface area contributed by atoms with E-state index in [-0.39, 0.29) is 28.1 Å². The van der Waals surface area contributed by atoms with Crippen LogP contribution in [0.5, 0.6) is 11.9 Å². The van der Waals surface area contributed by atoms with Crippen LogP contribution in [0, 0.1) is 6.92 Å². The van der Waals surface area contributed by atoms with Crippen molar-refractivity contribution in [2.24, 2.45) is 0 Å². The number of pyridine rings is 1. The van der Waals surface area contributed by atoms with Gasteiger partial charge in [0.15, 0.2) is 0 Å². The van der Waals surface area contributed by atoms with Crippen molar-refractivity contribution in [3.63, 3.8) is 0 Å². The Morgan fingerprint density at radius 3 is 2.46 bits per heavy atom. The van der Waals surface area contributed by atoms with Gasteiger partial charge in [-0.3, -0.25) is 4.98 Å². The molecule has 2 heterocycles. The third-order valence-electron chi connectivity index (χ3n) is 7.37. The molecule has 1 aliphatic rings. The van der Waals surface area contributed by atoms with E-state index in [1.807, 2.05) is 6.07 Å². The first-order chi connectivity index (χ1) is 19.6. The number of fused-ring (bicyclic) bond motifs is 1. The molecule has 0 atom stereocenters.